The summed E-state index contributed by atoms with van der Waals surface area (Å²) < 4.78 is 0. The molecule has 0 saturated carbocycles. The molecule has 3 rings (SSSR count). The first kappa shape index (κ1) is 10.7. The second kappa shape index (κ2) is 4.11. The molecule has 1 aliphatic rings. The first-order chi connectivity index (χ1) is 8.31. The highest BCUT2D eigenvalue weighted by Gasteiger charge is 2.24. The average molecular weight is 241 g/mol. The third-order valence-corrected chi connectivity index (χ3v) is 4.21. The molecule has 0 unspecified atom stereocenters. The van der Waals surface area contributed by atoms with Crippen molar-refractivity contribution >= 4 is 28.2 Å². The van der Waals surface area contributed by atoms with Crippen molar-refractivity contribution < 1.29 is 0 Å². The zero-order valence-electron chi connectivity index (χ0n) is 9.94. The van der Waals surface area contributed by atoms with Gasteiger partial charge in [-0.3, -0.25) is 0 Å². The van der Waals surface area contributed by atoms with Crippen LogP contribution in [0.15, 0.2) is 52.9 Å². The van der Waals surface area contributed by atoms with Gasteiger partial charge in [0.1, 0.15) is 0 Å². The Hall–Kier alpha value is -1.41. The molecule has 0 N–H and O–H groups in total. The van der Waals surface area contributed by atoms with Gasteiger partial charge in [-0.25, -0.2) is 0 Å². The van der Waals surface area contributed by atoms with Crippen molar-refractivity contribution in [1.29, 1.82) is 0 Å². The van der Waals surface area contributed by atoms with Crippen LogP contribution in [0.4, 0.5) is 5.69 Å². The first-order valence-electron chi connectivity index (χ1n) is 5.97. The van der Waals surface area contributed by atoms with Crippen LogP contribution < -0.4 is 4.90 Å². The summed E-state index contributed by atoms with van der Waals surface area (Å²) in [5, 5.41) is 3.80. The molecule has 17 heavy (non-hydrogen) atoms. The van der Waals surface area contributed by atoms with E-state index >= 15 is 0 Å². The fourth-order valence-electron chi connectivity index (χ4n) is 2.33. The van der Waals surface area contributed by atoms with Crippen LogP contribution in [0.2, 0.25) is 0 Å². The second-order valence-electron chi connectivity index (χ2n) is 4.28. The van der Waals surface area contributed by atoms with Crippen molar-refractivity contribution in [3.05, 3.63) is 48.0 Å². The number of benzene rings is 2. The van der Waals surface area contributed by atoms with Crippen molar-refractivity contribution in [2.45, 2.75) is 18.2 Å². The minimum atomic E-state index is 1.05. The zero-order chi connectivity index (χ0) is 11.8. The lowest BCUT2D eigenvalue weighted by atomic mass is 10.1. The molecule has 0 bridgehead atoms. The summed E-state index contributed by atoms with van der Waals surface area (Å²) in [5.41, 5.74) is 1.32. The van der Waals surface area contributed by atoms with Gasteiger partial charge in [0, 0.05) is 11.4 Å². The fourth-order valence-corrected chi connectivity index (χ4v) is 3.44. The number of nitrogens with zero attached hydrogens (tertiary/aromatic N) is 1. The molecule has 86 valence electrons. The Morgan fingerprint density at radius 2 is 2.00 bits per heavy atom. The molecule has 2 heteroatoms. The zero-order valence-corrected chi connectivity index (χ0v) is 10.8. The Bertz CT molecular complexity index is 588. The summed E-state index contributed by atoms with van der Waals surface area (Å²) >= 11 is 1.80. The molecule has 2 aromatic carbocycles. The Labute approximate surface area is 106 Å². The molecule has 1 nitrogen and oxygen atoms in total. The largest absolute Gasteiger partial charge is 0.336 e. The molecular weight excluding hydrogens is 226 g/mol. The van der Waals surface area contributed by atoms with Crippen LogP contribution in [-0.2, 0) is 0 Å². The van der Waals surface area contributed by atoms with E-state index in [2.05, 4.69) is 54.8 Å². The summed E-state index contributed by atoms with van der Waals surface area (Å²) in [6, 6.07) is 13.0. The molecule has 1 aliphatic heterocycles. The smallest absolute Gasteiger partial charge is 0.0728 e. The van der Waals surface area contributed by atoms with Gasteiger partial charge in [0.2, 0.25) is 0 Å². The maximum atomic E-state index is 4.16. The topological polar surface area (TPSA) is 3.24 Å². The monoisotopic (exact) mass is 241 g/mol. The summed E-state index contributed by atoms with van der Waals surface area (Å²) in [4.78, 5) is 3.69. The van der Waals surface area contributed by atoms with E-state index in [0.29, 0.717) is 0 Å². The molecule has 0 amide bonds. The van der Waals surface area contributed by atoms with Gasteiger partial charge < -0.3 is 4.90 Å². The van der Waals surface area contributed by atoms with Gasteiger partial charge in [-0.15, -0.1) is 0 Å². The predicted molar refractivity (Wildman–Crippen MR) is 76.6 cm³/mol. The van der Waals surface area contributed by atoms with Gasteiger partial charge in [0.15, 0.2) is 0 Å². The van der Waals surface area contributed by atoms with Crippen LogP contribution in [0, 0.1) is 0 Å². The van der Waals surface area contributed by atoms with Crippen molar-refractivity contribution in [1.82, 2.24) is 0 Å². The van der Waals surface area contributed by atoms with Crippen LogP contribution >= 0.6 is 11.8 Å². The minimum Gasteiger partial charge on any atom is -0.336 e. The summed E-state index contributed by atoms with van der Waals surface area (Å²) in [5.74, 6) is 0. The molecule has 0 spiro atoms. The number of rotatable bonds is 2. The highest BCUT2D eigenvalue weighted by atomic mass is 32.2. The number of hydrogen-bond acceptors (Lipinski definition) is 2. The molecule has 0 saturated heterocycles. The lowest BCUT2D eigenvalue weighted by Crippen LogP contribution is -2.17. The normalized spacial score (nSPS) is 14.4. The summed E-state index contributed by atoms with van der Waals surface area (Å²) in [6.45, 7) is 7.42. The van der Waals surface area contributed by atoms with Crippen LogP contribution in [0.1, 0.15) is 13.3 Å². The summed E-state index contributed by atoms with van der Waals surface area (Å²) in [6.07, 6.45) is 1.14. The standard InChI is InChI=1S/C15H15NS/c1-3-10-16-11(2)17-15-13-7-5-4-6-12(13)8-9-14(15)16/h4-9H,2-3,10H2,1H3. The van der Waals surface area contributed by atoms with E-state index in [4.69, 9.17) is 0 Å². The first-order valence-corrected chi connectivity index (χ1v) is 6.79. The lowest BCUT2D eigenvalue weighted by Gasteiger charge is -2.18. The van der Waals surface area contributed by atoms with Crippen LogP contribution in [0.25, 0.3) is 10.8 Å². The van der Waals surface area contributed by atoms with E-state index in [1.165, 1.54) is 21.4 Å². The molecule has 0 aromatic heterocycles. The number of hydrogen-bond donors (Lipinski definition) is 0. The average Bonchev–Trinajstić information content (AvgIpc) is 2.67. The van der Waals surface area contributed by atoms with E-state index in [1.807, 2.05) is 0 Å². The third-order valence-electron chi connectivity index (χ3n) is 3.12. The molecule has 2 aromatic rings. The molecule has 0 fully saturated rings. The highest BCUT2D eigenvalue weighted by molar-refractivity contribution is 8.04. The van der Waals surface area contributed by atoms with Gasteiger partial charge in [0.25, 0.3) is 0 Å². The Balaban J connectivity index is 2.20. The Morgan fingerprint density at radius 1 is 1.18 bits per heavy atom. The SMILES string of the molecule is C=C1Sc2c(ccc3ccccc23)N1CCC. The fraction of sp³-hybridized carbons (Fsp3) is 0.200. The number of fused-ring (bicyclic) bond motifs is 3. The van der Waals surface area contributed by atoms with E-state index in [0.717, 1.165) is 18.0 Å². The van der Waals surface area contributed by atoms with E-state index in [1.54, 1.807) is 11.8 Å². The van der Waals surface area contributed by atoms with E-state index in [-0.39, 0.29) is 0 Å². The highest BCUT2D eigenvalue weighted by Crippen LogP contribution is 2.48. The van der Waals surface area contributed by atoms with Gasteiger partial charge >= 0.3 is 0 Å². The summed E-state index contributed by atoms with van der Waals surface area (Å²) in [7, 11) is 0. The maximum Gasteiger partial charge on any atom is 0.0728 e. The quantitative estimate of drug-likeness (QED) is 0.754. The second-order valence-corrected chi connectivity index (χ2v) is 5.37. The van der Waals surface area contributed by atoms with Crippen LogP contribution in [-0.4, -0.2) is 6.54 Å². The minimum absolute atomic E-state index is 1.05. The van der Waals surface area contributed by atoms with Gasteiger partial charge in [0.05, 0.1) is 10.7 Å². The lowest BCUT2D eigenvalue weighted by molar-refractivity contribution is 0.876. The molecular formula is C15H15NS. The molecule has 1 heterocycles. The van der Waals surface area contributed by atoms with Gasteiger partial charge in [-0.2, -0.15) is 0 Å². The van der Waals surface area contributed by atoms with Crippen LogP contribution in [0.5, 0.6) is 0 Å². The third kappa shape index (κ3) is 1.64. The molecule has 0 aliphatic carbocycles. The number of thioether (sulfide) groups is 1. The molecule has 0 atom stereocenters. The van der Waals surface area contributed by atoms with Crippen molar-refractivity contribution in [2.24, 2.45) is 0 Å². The van der Waals surface area contributed by atoms with Crippen molar-refractivity contribution in [2.75, 3.05) is 11.4 Å². The maximum absolute atomic E-state index is 4.16. The van der Waals surface area contributed by atoms with Gasteiger partial charge in [-0.1, -0.05) is 55.6 Å². The predicted octanol–water partition coefficient (Wildman–Crippen LogP) is 4.63. The van der Waals surface area contributed by atoms with Crippen molar-refractivity contribution in [3.63, 3.8) is 0 Å². The van der Waals surface area contributed by atoms with Crippen LogP contribution in [0.3, 0.4) is 0 Å². The Kier molecular flexibility index (Phi) is 2.60. The number of anilines is 1. The van der Waals surface area contributed by atoms with Crippen molar-refractivity contribution in [3.8, 4) is 0 Å². The Morgan fingerprint density at radius 3 is 2.82 bits per heavy atom. The molecule has 0 radical (unpaired) electrons. The van der Waals surface area contributed by atoms with Gasteiger partial charge in [-0.05, 0) is 23.3 Å². The van der Waals surface area contributed by atoms with E-state index in [9.17, 15) is 0 Å². The van der Waals surface area contributed by atoms with E-state index < -0.39 is 0 Å².